The summed E-state index contributed by atoms with van der Waals surface area (Å²) >= 11 is 0. The first kappa shape index (κ1) is 12.8. The molecule has 0 spiro atoms. The van der Waals surface area contributed by atoms with Gasteiger partial charge < -0.3 is 10.0 Å². The average molecular weight is 240 g/mol. The third-order valence-corrected chi connectivity index (χ3v) is 3.96. The Bertz CT molecular complexity index is 270. The number of aliphatic hydroxyl groups excluding tert-OH is 1. The summed E-state index contributed by atoms with van der Waals surface area (Å²) in [5.74, 6) is 0.242. The van der Waals surface area contributed by atoms with Gasteiger partial charge in [-0.05, 0) is 45.6 Å². The lowest BCUT2D eigenvalue weighted by atomic mass is 10.0. The van der Waals surface area contributed by atoms with Crippen molar-refractivity contribution in [3.63, 3.8) is 0 Å². The van der Waals surface area contributed by atoms with Crippen LogP contribution in [0.2, 0.25) is 0 Å². The van der Waals surface area contributed by atoms with E-state index in [0.29, 0.717) is 19.1 Å². The molecule has 2 rings (SSSR count). The van der Waals surface area contributed by atoms with E-state index in [1.54, 1.807) is 0 Å². The van der Waals surface area contributed by atoms with E-state index in [-0.39, 0.29) is 12.0 Å². The molecule has 0 aromatic rings. The predicted molar refractivity (Wildman–Crippen MR) is 66.7 cm³/mol. The van der Waals surface area contributed by atoms with Crippen molar-refractivity contribution in [2.24, 2.45) is 0 Å². The van der Waals surface area contributed by atoms with E-state index in [4.69, 9.17) is 0 Å². The van der Waals surface area contributed by atoms with Gasteiger partial charge in [-0.2, -0.15) is 0 Å². The second-order valence-corrected chi connectivity index (χ2v) is 5.46. The summed E-state index contributed by atoms with van der Waals surface area (Å²) in [6.07, 6.45) is 5.16. The molecular formula is C13H24N2O2. The van der Waals surface area contributed by atoms with Crippen molar-refractivity contribution in [3.8, 4) is 0 Å². The van der Waals surface area contributed by atoms with Gasteiger partial charge in [0, 0.05) is 19.1 Å². The van der Waals surface area contributed by atoms with Crippen LogP contribution in [0.4, 0.5) is 0 Å². The van der Waals surface area contributed by atoms with Gasteiger partial charge >= 0.3 is 0 Å². The quantitative estimate of drug-likeness (QED) is 0.778. The van der Waals surface area contributed by atoms with Crippen molar-refractivity contribution in [1.29, 1.82) is 0 Å². The van der Waals surface area contributed by atoms with Crippen molar-refractivity contribution in [3.05, 3.63) is 0 Å². The lowest BCUT2D eigenvalue weighted by molar-refractivity contribution is -0.136. The molecule has 1 amide bonds. The Labute approximate surface area is 104 Å². The van der Waals surface area contributed by atoms with Crippen LogP contribution in [0.3, 0.4) is 0 Å². The molecule has 0 unspecified atom stereocenters. The summed E-state index contributed by atoms with van der Waals surface area (Å²) in [5, 5.41) is 9.59. The van der Waals surface area contributed by atoms with Crippen LogP contribution >= 0.6 is 0 Å². The molecule has 4 nitrogen and oxygen atoms in total. The largest absolute Gasteiger partial charge is 0.392 e. The fraction of sp³-hybridized carbons (Fsp3) is 0.923. The first-order chi connectivity index (χ1) is 8.16. The van der Waals surface area contributed by atoms with Gasteiger partial charge in [0.2, 0.25) is 5.91 Å². The van der Waals surface area contributed by atoms with E-state index < -0.39 is 0 Å². The van der Waals surface area contributed by atoms with E-state index in [0.717, 1.165) is 38.8 Å². The summed E-state index contributed by atoms with van der Waals surface area (Å²) in [4.78, 5) is 16.3. The fourth-order valence-corrected chi connectivity index (χ4v) is 2.93. The first-order valence-corrected chi connectivity index (χ1v) is 6.86. The molecule has 2 aliphatic heterocycles. The van der Waals surface area contributed by atoms with Gasteiger partial charge in [-0.1, -0.05) is 0 Å². The molecule has 2 heterocycles. The molecule has 4 heteroatoms. The highest BCUT2D eigenvalue weighted by molar-refractivity contribution is 5.78. The minimum Gasteiger partial charge on any atom is -0.392 e. The van der Waals surface area contributed by atoms with E-state index >= 15 is 0 Å². The number of hydrogen-bond acceptors (Lipinski definition) is 3. The van der Waals surface area contributed by atoms with Gasteiger partial charge in [-0.3, -0.25) is 9.69 Å². The van der Waals surface area contributed by atoms with Crippen LogP contribution in [-0.4, -0.2) is 59.1 Å². The molecule has 0 radical (unpaired) electrons. The molecule has 0 aromatic heterocycles. The Hall–Kier alpha value is -0.610. The maximum absolute atomic E-state index is 12.2. The molecule has 98 valence electrons. The summed E-state index contributed by atoms with van der Waals surface area (Å²) in [6.45, 7) is 5.15. The predicted octanol–water partition coefficient (Wildman–Crippen LogP) is 0.844. The molecule has 1 N–H and O–H groups in total. The first-order valence-electron chi connectivity index (χ1n) is 6.86. The number of carbonyl (C=O) groups excluding carboxylic acids is 1. The van der Waals surface area contributed by atoms with Crippen molar-refractivity contribution >= 4 is 5.91 Å². The number of carbonyl (C=O) groups is 1. The van der Waals surface area contributed by atoms with Crippen LogP contribution in [0.25, 0.3) is 0 Å². The summed E-state index contributed by atoms with van der Waals surface area (Å²) in [7, 11) is 0. The van der Waals surface area contributed by atoms with E-state index in [9.17, 15) is 9.90 Å². The van der Waals surface area contributed by atoms with Gasteiger partial charge in [-0.25, -0.2) is 0 Å². The van der Waals surface area contributed by atoms with Crippen molar-refractivity contribution < 1.29 is 9.90 Å². The normalized spacial score (nSPS) is 31.5. The molecule has 0 saturated carbocycles. The lowest BCUT2D eigenvalue weighted by Gasteiger charge is -2.36. The Balaban J connectivity index is 1.83. The van der Waals surface area contributed by atoms with Crippen LogP contribution in [0.1, 0.15) is 39.0 Å². The average Bonchev–Trinajstić information content (AvgIpc) is 2.29. The van der Waals surface area contributed by atoms with Gasteiger partial charge in [0.15, 0.2) is 0 Å². The number of hydrogen-bond donors (Lipinski definition) is 1. The molecular weight excluding hydrogens is 216 g/mol. The standard InChI is InChI=1S/C13H24N2O2/c1-11-5-2-3-8-15(11)13(17)10-14-7-4-6-12(16)9-14/h11-12,16H,2-10H2,1H3/t11-,12-/m0/s1. The number of amides is 1. The van der Waals surface area contributed by atoms with Crippen LogP contribution in [0.15, 0.2) is 0 Å². The van der Waals surface area contributed by atoms with E-state index in [1.807, 2.05) is 4.90 Å². The maximum atomic E-state index is 12.2. The molecule has 2 saturated heterocycles. The van der Waals surface area contributed by atoms with Gasteiger partial charge in [0.1, 0.15) is 0 Å². The number of aliphatic hydroxyl groups is 1. The monoisotopic (exact) mass is 240 g/mol. The van der Waals surface area contributed by atoms with Crippen LogP contribution in [0.5, 0.6) is 0 Å². The van der Waals surface area contributed by atoms with Crippen LogP contribution in [-0.2, 0) is 4.79 Å². The SMILES string of the molecule is C[C@H]1CCCCN1C(=O)CN1CCC[C@H](O)C1. The smallest absolute Gasteiger partial charge is 0.236 e. The van der Waals surface area contributed by atoms with Crippen molar-refractivity contribution in [2.45, 2.75) is 51.2 Å². The number of piperidine rings is 2. The Kier molecular flexibility index (Phi) is 4.40. The third kappa shape index (κ3) is 3.42. The van der Waals surface area contributed by atoms with Gasteiger partial charge in [0.05, 0.1) is 12.6 Å². The summed E-state index contributed by atoms with van der Waals surface area (Å²) in [5.41, 5.74) is 0. The zero-order valence-corrected chi connectivity index (χ0v) is 10.8. The second-order valence-electron chi connectivity index (χ2n) is 5.46. The molecule has 0 aromatic carbocycles. The highest BCUT2D eigenvalue weighted by Crippen LogP contribution is 2.17. The summed E-state index contributed by atoms with van der Waals surface area (Å²) in [6, 6.07) is 0.394. The maximum Gasteiger partial charge on any atom is 0.236 e. The molecule has 17 heavy (non-hydrogen) atoms. The lowest BCUT2D eigenvalue weighted by Crippen LogP contribution is -2.49. The highest BCUT2D eigenvalue weighted by atomic mass is 16.3. The fourth-order valence-electron chi connectivity index (χ4n) is 2.93. The zero-order chi connectivity index (χ0) is 12.3. The number of β-amino-alcohol motifs (C(OH)–C–C–N with tert-alkyl or cyclic N) is 1. The number of nitrogens with zero attached hydrogens (tertiary/aromatic N) is 2. The number of rotatable bonds is 2. The minimum atomic E-state index is -0.240. The van der Waals surface area contributed by atoms with E-state index in [2.05, 4.69) is 11.8 Å². The van der Waals surface area contributed by atoms with E-state index in [1.165, 1.54) is 6.42 Å². The Morgan fingerprint density at radius 3 is 2.76 bits per heavy atom. The van der Waals surface area contributed by atoms with Crippen molar-refractivity contribution in [2.75, 3.05) is 26.2 Å². The molecule has 0 aliphatic carbocycles. The topological polar surface area (TPSA) is 43.8 Å². The molecule has 2 atom stereocenters. The second kappa shape index (κ2) is 5.83. The van der Waals surface area contributed by atoms with Gasteiger partial charge in [0.25, 0.3) is 0 Å². The third-order valence-electron chi connectivity index (χ3n) is 3.96. The molecule has 2 fully saturated rings. The highest BCUT2D eigenvalue weighted by Gasteiger charge is 2.26. The zero-order valence-electron chi connectivity index (χ0n) is 10.8. The van der Waals surface area contributed by atoms with Crippen LogP contribution < -0.4 is 0 Å². The van der Waals surface area contributed by atoms with Crippen molar-refractivity contribution in [1.82, 2.24) is 9.80 Å². The van der Waals surface area contributed by atoms with Crippen LogP contribution in [0, 0.1) is 0 Å². The Morgan fingerprint density at radius 1 is 1.24 bits per heavy atom. The summed E-state index contributed by atoms with van der Waals surface area (Å²) < 4.78 is 0. The Morgan fingerprint density at radius 2 is 2.06 bits per heavy atom. The van der Waals surface area contributed by atoms with Gasteiger partial charge in [-0.15, -0.1) is 0 Å². The molecule has 0 bridgehead atoms. The molecule has 2 aliphatic rings. The minimum absolute atomic E-state index is 0.240. The number of likely N-dealkylation sites (tertiary alicyclic amines) is 2.